The van der Waals surface area contributed by atoms with Crippen molar-refractivity contribution in [2.45, 2.75) is 33.1 Å². The lowest BCUT2D eigenvalue weighted by Gasteiger charge is -2.09. The third kappa shape index (κ3) is 24.3. The largest absolute Gasteiger partial charge is 0.379 e. The molecule has 4 N–H and O–H groups in total. The van der Waals surface area contributed by atoms with E-state index in [1.54, 1.807) is 0 Å². The Labute approximate surface area is 206 Å². The number of rotatable bonds is 23. The average Bonchev–Trinajstić information content (AvgIpc) is 2.82. The highest BCUT2D eigenvalue weighted by Crippen LogP contribution is 1.87. The lowest BCUT2D eigenvalue weighted by atomic mass is 10.3. The van der Waals surface area contributed by atoms with E-state index in [1.807, 2.05) is 6.92 Å². The SMILES string of the molecule is CCCC(=O)NCCOCCOCCOCCOCCC(=O)NCC(=O)NCC(=O)NCC(C)=O. The number of hydrogen-bond acceptors (Lipinski definition) is 9. The van der Waals surface area contributed by atoms with E-state index < -0.39 is 11.8 Å². The van der Waals surface area contributed by atoms with Gasteiger partial charge in [-0.15, -0.1) is 0 Å². The van der Waals surface area contributed by atoms with Crippen LogP contribution in [0, 0.1) is 0 Å². The van der Waals surface area contributed by atoms with Crippen molar-refractivity contribution in [3.63, 3.8) is 0 Å². The molecule has 0 aliphatic carbocycles. The summed E-state index contributed by atoms with van der Waals surface area (Å²) < 4.78 is 21.3. The lowest BCUT2D eigenvalue weighted by molar-refractivity contribution is -0.128. The Morgan fingerprint density at radius 3 is 1.46 bits per heavy atom. The molecule has 4 amide bonds. The minimum absolute atomic E-state index is 0.0317. The first kappa shape index (κ1) is 32.4. The van der Waals surface area contributed by atoms with Gasteiger partial charge in [-0.05, 0) is 13.3 Å². The molecule has 0 aromatic heterocycles. The van der Waals surface area contributed by atoms with Crippen molar-refractivity contribution in [2.75, 3.05) is 79.0 Å². The molecule has 0 atom stereocenters. The summed E-state index contributed by atoms with van der Waals surface area (Å²) in [5.41, 5.74) is 0. The Balaban J connectivity index is 3.38. The number of ketones is 1. The minimum atomic E-state index is -0.518. The predicted octanol–water partition coefficient (Wildman–Crippen LogP) is -1.70. The highest BCUT2D eigenvalue weighted by atomic mass is 16.6. The van der Waals surface area contributed by atoms with Gasteiger partial charge in [-0.25, -0.2) is 0 Å². The zero-order valence-electron chi connectivity index (χ0n) is 20.8. The Hall–Kier alpha value is -2.61. The molecule has 0 aromatic carbocycles. The summed E-state index contributed by atoms with van der Waals surface area (Å²) >= 11 is 0. The van der Waals surface area contributed by atoms with Gasteiger partial charge in [0.25, 0.3) is 0 Å². The van der Waals surface area contributed by atoms with Crippen molar-refractivity contribution in [3.8, 4) is 0 Å². The topological polar surface area (TPSA) is 170 Å². The van der Waals surface area contributed by atoms with E-state index in [1.165, 1.54) is 6.92 Å². The molecule has 0 saturated carbocycles. The number of Topliss-reactive ketones (excluding diaryl/α,β-unsaturated/α-hetero) is 1. The molecule has 0 bridgehead atoms. The van der Waals surface area contributed by atoms with Crippen LogP contribution >= 0.6 is 0 Å². The summed E-state index contributed by atoms with van der Waals surface area (Å²) in [5, 5.41) is 9.85. The highest BCUT2D eigenvalue weighted by molar-refractivity contribution is 5.89. The molecule has 0 heterocycles. The first-order chi connectivity index (χ1) is 16.8. The van der Waals surface area contributed by atoms with E-state index in [0.717, 1.165) is 6.42 Å². The van der Waals surface area contributed by atoms with Crippen molar-refractivity contribution < 1.29 is 42.9 Å². The number of carbonyl (C=O) groups excluding carboxylic acids is 5. The van der Waals surface area contributed by atoms with Crippen molar-refractivity contribution in [1.82, 2.24) is 21.3 Å². The standard InChI is InChI=1S/C22H40N4O9/c1-3-4-19(28)23-6-8-33-10-12-35-14-13-34-11-9-32-7-5-20(29)25-16-22(31)26-17-21(30)24-15-18(2)27/h3-17H2,1-2H3,(H,23,28)(H,24,30)(H,25,29)(H,26,31). The van der Waals surface area contributed by atoms with Gasteiger partial charge in [0, 0.05) is 19.4 Å². The number of amides is 4. The maximum absolute atomic E-state index is 11.7. The number of ether oxygens (including phenoxy) is 4. The van der Waals surface area contributed by atoms with Crippen molar-refractivity contribution in [3.05, 3.63) is 0 Å². The molecule has 0 unspecified atom stereocenters. The molecule has 35 heavy (non-hydrogen) atoms. The molecule has 0 rings (SSSR count). The summed E-state index contributed by atoms with van der Waals surface area (Å²) in [6.45, 7) is 6.13. The molecule has 0 aliphatic heterocycles. The van der Waals surface area contributed by atoms with E-state index in [9.17, 15) is 24.0 Å². The molecule has 0 fully saturated rings. The van der Waals surface area contributed by atoms with Crippen LogP contribution in [0.15, 0.2) is 0 Å². The van der Waals surface area contributed by atoms with Gasteiger partial charge in [-0.1, -0.05) is 6.92 Å². The fourth-order valence-corrected chi connectivity index (χ4v) is 2.30. The molecular weight excluding hydrogens is 464 g/mol. The zero-order valence-corrected chi connectivity index (χ0v) is 20.8. The van der Waals surface area contributed by atoms with E-state index in [0.29, 0.717) is 59.2 Å². The fourth-order valence-electron chi connectivity index (χ4n) is 2.30. The van der Waals surface area contributed by atoms with Gasteiger partial charge in [0.15, 0.2) is 0 Å². The second kappa shape index (κ2) is 23.1. The number of hydrogen-bond donors (Lipinski definition) is 4. The summed E-state index contributed by atoms with van der Waals surface area (Å²) in [6, 6.07) is 0. The van der Waals surface area contributed by atoms with Gasteiger partial charge in [0.2, 0.25) is 23.6 Å². The first-order valence-electron chi connectivity index (χ1n) is 11.7. The molecule has 13 nitrogen and oxygen atoms in total. The van der Waals surface area contributed by atoms with Crippen molar-refractivity contribution in [1.29, 1.82) is 0 Å². The highest BCUT2D eigenvalue weighted by Gasteiger charge is 2.08. The van der Waals surface area contributed by atoms with Crippen LogP contribution in [-0.4, -0.2) is 108 Å². The van der Waals surface area contributed by atoms with E-state index in [-0.39, 0.29) is 50.3 Å². The lowest BCUT2D eigenvalue weighted by Crippen LogP contribution is -2.42. The Morgan fingerprint density at radius 1 is 0.514 bits per heavy atom. The second-order valence-electron chi connectivity index (χ2n) is 7.33. The Kier molecular flexibility index (Phi) is 21.4. The summed E-state index contributed by atoms with van der Waals surface area (Å²) in [4.78, 5) is 56.6. The molecule has 13 heteroatoms. The van der Waals surface area contributed by atoms with E-state index in [4.69, 9.17) is 18.9 Å². The van der Waals surface area contributed by atoms with Gasteiger partial charge in [0.05, 0.1) is 72.5 Å². The minimum Gasteiger partial charge on any atom is -0.379 e. The second-order valence-corrected chi connectivity index (χ2v) is 7.33. The third-order valence-electron chi connectivity index (χ3n) is 4.06. The maximum Gasteiger partial charge on any atom is 0.239 e. The van der Waals surface area contributed by atoms with Crippen LogP contribution in [0.1, 0.15) is 33.1 Å². The summed E-state index contributed by atoms with van der Waals surface area (Å²) in [6.07, 6.45) is 1.43. The maximum atomic E-state index is 11.7. The smallest absolute Gasteiger partial charge is 0.239 e. The van der Waals surface area contributed by atoms with Gasteiger partial charge in [-0.2, -0.15) is 0 Å². The van der Waals surface area contributed by atoms with Gasteiger partial charge >= 0.3 is 0 Å². The van der Waals surface area contributed by atoms with Crippen LogP contribution in [0.5, 0.6) is 0 Å². The first-order valence-corrected chi connectivity index (χ1v) is 11.7. The third-order valence-corrected chi connectivity index (χ3v) is 4.06. The van der Waals surface area contributed by atoms with Crippen LogP contribution in [0.3, 0.4) is 0 Å². The van der Waals surface area contributed by atoms with Crippen LogP contribution < -0.4 is 21.3 Å². The Bertz CT molecular complexity index is 632. The fraction of sp³-hybridized carbons (Fsp3) is 0.773. The quantitative estimate of drug-likeness (QED) is 0.118. The normalized spacial score (nSPS) is 10.5. The molecule has 0 spiro atoms. The molecular formula is C22H40N4O9. The van der Waals surface area contributed by atoms with Crippen LogP contribution in [0.2, 0.25) is 0 Å². The van der Waals surface area contributed by atoms with Gasteiger partial charge in [-0.3, -0.25) is 24.0 Å². The zero-order chi connectivity index (χ0) is 26.2. The molecule has 0 aliphatic rings. The van der Waals surface area contributed by atoms with Crippen LogP contribution in [-0.2, 0) is 42.9 Å². The van der Waals surface area contributed by atoms with Crippen LogP contribution in [0.4, 0.5) is 0 Å². The summed E-state index contributed by atoms with van der Waals surface area (Å²) in [7, 11) is 0. The van der Waals surface area contributed by atoms with Crippen molar-refractivity contribution in [2.24, 2.45) is 0 Å². The van der Waals surface area contributed by atoms with Crippen molar-refractivity contribution >= 4 is 29.4 Å². The molecule has 202 valence electrons. The summed E-state index contributed by atoms with van der Waals surface area (Å²) in [5.74, 6) is -1.53. The van der Waals surface area contributed by atoms with Gasteiger partial charge < -0.3 is 40.2 Å². The monoisotopic (exact) mass is 504 g/mol. The number of carbonyl (C=O) groups is 5. The van der Waals surface area contributed by atoms with E-state index >= 15 is 0 Å². The average molecular weight is 505 g/mol. The number of nitrogens with one attached hydrogen (secondary N) is 4. The van der Waals surface area contributed by atoms with Gasteiger partial charge in [0.1, 0.15) is 5.78 Å². The Morgan fingerprint density at radius 2 is 0.943 bits per heavy atom. The molecule has 0 radical (unpaired) electrons. The molecule has 0 saturated heterocycles. The van der Waals surface area contributed by atoms with Crippen LogP contribution in [0.25, 0.3) is 0 Å². The molecule has 0 aromatic rings. The van der Waals surface area contributed by atoms with E-state index in [2.05, 4.69) is 21.3 Å². The predicted molar refractivity (Wildman–Crippen MR) is 126 cm³/mol.